The van der Waals surface area contributed by atoms with Crippen LogP contribution in [0.5, 0.6) is 0 Å². The molecule has 0 aromatic heterocycles. The zero-order chi connectivity index (χ0) is 14.3. The van der Waals surface area contributed by atoms with Crippen molar-refractivity contribution in [1.29, 1.82) is 0 Å². The summed E-state index contributed by atoms with van der Waals surface area (Å²) in [6.07, 6.45) is -0.423. The first-order valence-corrected chi connectivity index (χ1v) is 6.92. The fraction of sp³-hybridized carbons (Fsp3) is 0.533. The van der Waals surface area contributed by atoms with Crippen molar-refractivity contribution in [3.8, 4) is 0 Å². The van der Waals surface area contributed by atoms with Crippen molar-refractivity contribution in [2.45, 2.75) is 50.4 Å². The molecule has 0 unspecified atom stereocenters. The van der Waals surface area contributed by atoms with E-state index >= 15 is 0 Å². The lowest BCUT2D eigenvalue weighted by Crippen LogP contribution is -2.36. The highest BCUT2D eigenvalue weighted by Crippen LogP contribution is 2.35. The topological polar surface area (TPSA) is 20.3 Å². The Morgan fingerprint density at radius 3 is 2.75 bits per heavy atom. The Morgan fingerprint density at radius 2 is 2.00 bits per heavy atom. The van der Waals surface area contributed by atoms with Gasteiger partial charge in [-0.1, -0.05) is 18.2 Å². The third-order valence-electron chi connectivity index (χ3n) is 4.32. The van der Waals surface area contributed by atoms with Crippen molar-refractivity contribution in [3.63, 3.8) is 0 Å². The SMILES string of the molecule is O=C1CC[C@H]2CC[C@H](Cc3cccc(C(F)(F)F)c3)N12. The molecule has 1 aromatic rings. The smallest absolute Gasteiger partial charge is 0.336 e. The van der Waals surface area contributed by atoms with Crippen LogP contribution in [0.25, 0.3) is 0 Å². The van der Waals surface area contributed by atoms with Gasteiger partial charge >= 0.3 is 6.18 Å². The van der Waals surface area contributed by atoms with E-state index in [1.165, 1.54) is 12.1 Å². The average Bonchev–Trinajstić information content (AvgIpc) is 2.94. The molecule has 20 heavy (non-hydrogen) atoms. The molecule has 3 rings (SSSR count). The molecule has 0 saturated carbocycles. The number of nitrogens with zero attached hydrogens (tertiary/aromatic N) is 1. The molecule has 0 radical (unpaired) electrons. The fourth-order valence-corrected chi connectivity index (χ4v) is 3.42. The predicted molar refractivity (Wildman–Crippen MR) is 68.0 cm³/mol. The van der Waals surface area contributed by atoms with E-state index in [2.05, 4.69) is 0 Å². The molecular weight excluding hydrogens is 267 g/mol. The number of benzene rings is 1. The summed E-state index contributed by atoms with van der Waals surface area (Å²) in [5, 5.41) is 0. The second-order valence-electron chi connectivity index (χ2n) is 5.63. The molecule has 2 saturated heterocycles. The van der Waals surface area contributed by atoms with Gasteiger partial charge in [-0.2, -0.15) is 13.2 Å². The molecule has 2 fully saturated rings. The number of carbonyl (C=O) groups excluding carboxylic acids is 1. The van der Waals surface area contributed by atoms with Crippen LogP contribution in [0.2, 0.25) is 0 Å². The standard InChI is InChI=1S/C15H16F3NO/c16-15(17,18)11-3-1-2-10(8-11)9-13-5-4-12-6-7-14(20)19(12)13/h1-3,8,12-13H,4-7,9H2/t12-,13-/m1/s1. The summed E-state index contributed by atoms with van der Waals surface area (Å²) >= 11 is 0. The second-order valence-corrected chi connectivity index (χ2v) is 5.63. The molecule has 2 heterocycles. The molecule has 5 heteroatoms. The highest BCUT2D eigenvalue weighted by Gasteiger charge is 2.41. The van der Waals surface area contributed by atoms with Crippen molar-refractivity contribution in [2.24, 2.45) is 0 Å². The van der Waals surface area contributed by atoms with E-state index < -0.39 is 11.7 Å². The minimum atomic E-state index is -4.31. The van der Waals surface area contributed by atoms with Crippen molar-refractivity contribution >= 4 is 5.91 Å². The van der Waals surface area contributed by atoms with Gasteiger partial charge in [0.1, 0.15) is 0 Å². The monoisotopic (exact) mass is 283 g/mol. The zero-order valence-corrected chi connectivity index (χ0v) is 11.0. The van der Waals surface area contributed by atoms with Gasteiger partial charge in [0.05, 0.1) is 5.56 Å². The van der Waals surface area contributed by atoms with E-state index in [9.17, 15) is 18.0 Å². The van der Waals surface area contributed by atoms with Gasteiger partial charge in [0, 0.05) is 18.5 Å². The Hall–Kier alpha value is -1.52. The number of carbonyl (C=O) groups is 1. The Morgan fingerprint density at radius 1 is 1.20 bits per heavy atom. The van der Waals surface area contributed by atoms with E-state index in [1.807, 2.05) is 4.90 Å². The van der Waals surface area contributed by atoms with Crippen molar-refractivity contribution in [2.75, 3.05) is 0 Å². The molecular formula is C15H16F3NO. The number of amides is 1. The minimum absolute atomic E-state index is 0.0680. The van der Waals surface area contributed by atoms with Gasteiger partial charge in [-0.25, -0.2) is 0 Å². The van der Waals surface area contributed by atoms with Gasteiger partial charge in [0.2, 0.25) is 5.91 Å². The lowest BCUT2D eigenvalue weighted by atomic mass is 10.0. The highest BCUT2D eigenvalue weighted by molar-refractivity contribution is 5.79. The molecule has 108 valence electrons. The fourth-order valence-electron chi connectivity index (χ4n) is 3.42. The maximum Gasteiger partial charge on any atom is 0.416 e. The first-order chi connectivity index (χ1) is 9.45. The van der Waals surface area contributed by atoms with Crippen LogP contribution in [-0.2, 0) is 17.4 Å². The van der Waals surface area contributed by atoms with Crippen LogP contribution in [-0.4, -0.2) is 22.9 Å². The molecule has 2 atom stereocenters. The van der Waals surface area contributed by atoms with Crippen LogP contribution in [0, 0.1) is 0 Å². The van der Waals surface area contributed by atoms with Crippen LogP contribution in [0.4, 0.5) is 13.2 Å². The van der Waals surface area contributed by atoms with Crippen molar-refractivity contribution < 1.29 is 18.0 Å². The van der Waals surface area contributed by atoms with Gasteiger partial charge in [-0.05, 0) is 37.3 Å². The van der Waals surface area contributed by atoms with Crippen LogP contribution in [0.1, 0.15) is 36.8 Å². The predicted octanol–water partition coefficient (Wildman–Crippen LogP) is 3.40. The minimum Gasteiger partial charge on any atom is -0.336 e. The molecule has 0 bridgehead atoms. The summed E-state index contributed by atoms with van der Waals surface area (Å²) in [5.41, 5.74) is 0.0440. The van der Waals surface area contributed by atoms with Gasteiger partial charge < -0.3 is 4.90 Å². The number of halogens is 3. The molecule has 2 aliphatic heterocycles. The van der Waals surface area contributed by atoms with Gasteiger partial charge in [-0.15, -0.1) is 0 Å². The van der Waals surface area contributed by atoms with Crippen LogP contribution >= 0.6 is 0 Å². The number of hydrogen-bond donors (Lipinski definition) is 0. The summed E-state index contributed by atoms with van der Waals surface area (Å²) in [7, 11) is 0. The third-order valence-corrected chi connectivity index (χ3v) is 4.32. The van der Waals surface area contributed by atoms with E-state index in [1.54, 1.807) is 6.07 Å². The highest BCUT2D eigenvalue weighted by atomic mass is 19.4. The summed E-state index contributed by atoms with van der Waals surface area (Å²) in [5.74, 6) is 0.157. The molecule has 0 spiro atoms. The van der Waals surface area contributed by atoms with E-state index in [0.717, 1.165) is 25.3 Å². The summed E-state index contributed by atoms with van der Waals surface area (Å²) < 4.78 is 38.1. The number of fused-ring (bicyclic) bond motifs is 1. The van der Waals surface area contributed by atoms with Crippen LogP contribution in [0.3, 0.4) is 0 Å². The third kappa shape index (κ3) is 2.41. The number of alkyl halides is 3. The lowest BCUT2D eigenvalue weighted by molar-refractivity contribution is -0.137. The Kier molecular flexibility index (Phi) is 3.22. The van der Waals surface area contributed by atoms with E-state index in [-0.39, 0.29) is 11.9 Å². The molecule has 0 N–H and O–H groups in total. The second kappa shape index (κ2) is 4.79. The Balaban J connectivity index is 1.77. The molecule has 1 aromatic carbocycles. The summed E-state index contributed by atoms with van der Waals surface area (Å²) in [6, 6.07) is 5.83. The average molecular weight is 283 g/mol. The van der Waals surface area contributed by atoms with Gasteiger partial charge in [0.15, 0.2) is 0 Å². The number of hydrogen-bond acceptors (Lipinski definition) is 1. The number of rotatable bonds is 2. The molecule has 0 aliphatic carbocycles. The Labute approximate surface area is 115 Å². The van der Waals surface area contributed by atoms with Crippen LogP contribution in [0.15, 0.2) is 24.3 Å². The van der Waals surface area contributed by atoms with E-state index in [4.69, 9.17) is 0 Å². The zero-order valence-electron chi connectivity index (χ0n) is 11.0. The van der Waals surface area contributed by atoms with Crippen molar-refractivity contribution in [3.05, 3.63) is 35.4 Å². The quantitative estimate of drug-likeness (QED) is 0.814. The maximum atomic E-state index is 12.7. The van der Waals surface area contributed by atoms with Gasteiger partial charge in [0.25, 0.3) is 0 Å². The van der Waals surface area contributed by atoms with E-state index in [0.29, 0.717) is 24.4 Å². The van der Waals surface area contributed by atoms with Crippen LogP contribution < -0.4 is 0 Å². The molecule has 2 nitrogen and oxygen atoms in total. The largest absolute Gasteiger partial charge is 0.416 e. The summed E-state index contributed by atoms with van der Waals surface area (Å²) in [6.45, 7) is 0. The lowest BCUT2D eigenvalue weighted by Gasteiger charge is -2.24. The summed E-state index contributed by atoms with van der Waals surface area (Å²) in [4.78, 5) is 13.7. The van der Waals surface area contributed by atoms with Crippen molar-refractivity contribution in [1.82, 2.24) is 4.90 Å². The Bertz CT molecular complexity index is 526. The first-order valence-electron chi connectivity index (χ1n) is 6.92. The first kappa shape index (κ1) is 13.5. The normalized spacial score (nSPS) is 26.1. The van der Waals surface area contributed by atoms with Gasteiger partial charge in [-0.3, -0.25) is 4.79 Å². The molecule has 2 aliphatic rings. The maximum absolute atomic E-state index is 12.7. The molecule has 1 amide bonds.